The maximum atomic E-state index is 11.7. The summed E-state index contributed by atoms with van der Waals surface area (Å²) >= 11 is 1.56. The third-order valence-electron chi connectivity index (χ3n) is 4.87. The fourth-order valence-electron chi connectivity index (χ4n) is 3.79. The molecular weight excluding hydrogens is 370 g/mol. The highest BCUT2D eigenvalue weighted by Gasteiger charge is 2.21. The maximum absolute atomic E-state index is 11.7. The average molecular weight is 391 g/mol. The number of fused-ring (bicyclic) bond motifs is 3. The first-order chi connectivity index (χ1) is 13.5. The maximum Gasteiger partial charge on any atom is 0.308 e. The predicted molar refractivity (Wildman–Crippen MR) is 114 cm³/mol. The Labute approximate surface area is 167 Å². The smallest absolute Gasteiger partial charge is 0.308 e. The van der Waals surface area contributed by atoms with Gasteiger partial charge in [0.25, 0.3) is 0 Å². The number of aromatic nitrogens is 1. The molecule has 0 fully saturated rings. The van der Waals surface area contributed by atoms with Crippen LogP contribution < -0.4 is 4.74 Å². The molecule has 1 aromatic heterocycles. The van der Waals surface area contributed by atoms with Crippen LogP contribution in [0.3, 0.4) is 0 Å². The standard InChI is InChI=1S/C23H21NO3S/c1-14-11-20(27-15(2)25)23(28-3)22-21(14)18-12-17(26)9-10-19(18)24(22)13-16-7-5-4-6-8-16/h4-12,26H,13H2,1-3H3. The first-order valence-electron chi connectivity index (χ1n) is 9.04. The van der Waals surface area contributed by atoms with Crippen LogP contribution in [-0.4, -0.2) is 21.9 Å². The van der Waals surface area contributed by atoms with Gasteiger partial charge in [-0.05, 0) is 48.6 Å². The highest BCUT2D eigenvalue weighted by atomic mass is 32.2. The number of carbonyl (C=O) groups is 1. The van der Waals surface area contributed by atoms with Crippen molar-refractivity contribution in [1.29, 1.82) is 0 Å². The van der Waals surface area contributed by atoms with Gasteiger partial charge in [0, 0.05) is 29.8 Å². The van der Waals surface area contributed by atoms with Gasteiger partial charge in [-0.25, -0.2) is 0 Å². The molecule has 0 aliphatic heterocycles. The number of benzene rings is 3. The van der Waals surface area contributed by atoms with Crippen molar-refractivity contribution in [3.8, 4) is 11.5 Å². The SMILES string of the molecule is CSc1c(OC(C)=O)cc(C)c2c3cc(O)ccc3n(Cc3ccccc3)c12. The molecule has 5 heteroatoms. The van der Waals surface area contributed by atoms with Gasteiger partial charge in [0.1, 0.15) is 11.5 Å². The number of hydrogen-bond acceptors (Lipinski definition) is 4. The molecular formula is C23H21NO3S. The van der Waals surface area contributed by atoms with Crippen molar-refractivity contribution in [2.45, 2.75) is 25.3 Å². The van der Waals surface area contributed by atoms with Crippen molar-refractivity contribution in [2.24, 2.45) is 0 Å². The van der Waals surface area contributed by atoms with E-state index in [-0.39, 0.29) is 11.7 Å². The lowest BCUT2D eigenvalue weighted by Crippen LogP contribution is -2.05. The van der Waals surface area contributed by atoms with Crippen LogP contribution in [0.25, 0.3) is 21.8 Å². The van der Waals surface area contributed by atoms with Gasteiger partial charge in [-0.1, -0.05) is 30.3 Å². The first-order valence-corrected chi connectivity index (χ1v) is 10.3. The summed E-state index contributed by atoms with van der Waals surface area (Å²) in [6.07, 6.45) is 1.99. The number of nitrogens with zero attached hydrogens (tertiary/aromatic N) is 1. The van der Waals surface area contributed by atoms with Crippen LogP contribution in [0.4, 0.5) is 0 Å². The molecule has 1 heterocycles. The normalized spacial score (nSPS) is 11.2. The van der Waals surface area contributed by atoms with Crippen LogP contribution in [0.2, 0.25) is 0 Å². The van der Waals surface area contributed by atoms with Crippen LogP contribution >= 0.6 is 11.8 Å². The van der Waals surface area contributed by atoms with E-state index in [9.17, 15) is 9.90 Å². The van der Waals surface area contributed by atoms with Crippen LogP contribution in [0, 0.1) is 6.92 Å². The molecule has 3 aromatic carbocycles. The highest BCUT2D eigenvalue weighted by Crippen LogP contribution is 2.43. The Hall–Kier alpha value is -2.92. The Bertz CT molecular complexity index is 1200. The van der Waals surface area contributed by atoms with Crippen molar-refractivity contribution in [2.75, 3.05) is 6.26 Å². The second-order valence-electron chi connectivity index (χ2n) is 6.82. The molecule has 4 rings (SSSR count). The molecule has 4 nitrogen and oxygen atoms in total. The largest absolute Gasteiger partial charge is 0.508 e. The number of hydrogen-bond donors (Lipinski definition) is 1. The molecule has 0 aliphatic rings. The monoisotopic (exact) mass is 391 g/mol. The minimum absolute atomic E-state index is 0.237. The third kappa shape index (κ3) is 3.12. The summed E-state index contributed by atoms with van der Waals surface area (Å²) in [5.74, 6) is 0.476. The molecule has 1 N–H and O–H groups in total. The van der Waals surface area contributed by atoms with Gasteiger partial charge in [-0.15, -0.1) is 11.8 Å². The van der Waals surface area contributed by atoms with E-state index in [1.165, 1.54) is 12.5 Å². The fourth-order valence-corrected chi connectivity index (χ4v) is 4.49. The Morgan fingerprint density at radius 1 is 1.14 bits per heavy atom. The third-order valence-corrected chi connectivity index (χ3v) is 5.67. The molecule has 0 bridgehead atoms. The van der Waals surface area contributed by atoms with Crippen LogP contribution in [0.15, 0.2) is 59.5 Å². The Kier molecular flexibility index (Phi) is 4.77. The lowest BCUT2D eigenvalue weighted by Gasteiger charge is -2.14. The molecule has 28 heavy (non-hydrogen) atoms. The van der Waals surface area contributed by atoms with Gasteiger partial charge in [0.2, 0.25) is 0 Å². The van der Waals surface area contributed by atoms with E-state index in [2.05, 4.69) is 16.7 Å². The second kappa shape index (κ2) is 7.24. The predicted octanol–water partition coefficient (Wildman–Crippen LogP) is 5.50. The van der Waals surface area contributed by atoms with Gasteiger partial charge in [-0.3, -0.25) is 4.79 Å². The van der Waals surface area contributed by atoms with Gasteiger partial charge in [-0.2, -0.15) is 0 Å². The molecule has 0 atom stereocenters. The van der Waals surface area contributed by atoms with Crippen molar-refractivity contribution in [3.63, 3.8) is 0 Å². The second-order valence-corrected chi connectivity index (χ2v) is 7.63. The number of thioether (sulfide) groups is 1. The quantitative estimate of drug-likeness (QED) is 0.283. The number of aromatic hydroxyl groups is 1. The van der Waals surface area contributed by atoms with E-state index in [0.29, 0.717) is 12.3 Å². The van der Waals surface area contributed by atoms with Gasteiger partial charge >= 0.3 is 5.97 Å². The number of phenolic OH excluding ortho intramolecular Hbond substituents is 1. The Morgan fingerprint density at radius 3 is 2.57 bits per heavy atom. The first kappa shape index (κ1) is 18.4. The van der Waals surface area contributed by atoms with Crippen LogP contribution in [0.1, 0.15) is 18.1 Å². The lowest BCUT2D eigenvalue weighted by molar-refractivity contribution is -0.132. The van der Waals surface area contributed by atoms with Crippen molar-refractivity contribution < 1.29 is 14.6 Å². The van der Waals surface area contributed by atoms with Crippen molar-refractivity contribution in [1.82, 2.24) is 4.57 Å². The van der Waals surface area contributed by atoms with Crippen molar-refractivity contribution in [3.05, 3.63) is 65.7 Å². The minimum Gasteiger partial charge on any atom is -0.508 e. The van der Waals surface area contributed by atoms with E-state index < -0.39 is 0 Å². The molecule has 0 saturated carbocycles. The minimum atomic E-state index is -0.336. The van der Waals surface area contributed by atoms with Gasteiger partial charge in [0.15, 0.2) is 0 Å². The van der Waals surface area contributed by atoms with E-state index >= 15 is 0 Å². The molecule has 142 valence electrons. The Morgan fingerprint density at radius 2 is 1.89 bits per heavy atom. The summed E-state index contributed by atoms with van der Waals surface area (Å²) in [5.41, 5.74) is 4.24. The van der Waals surface area contributed by atoms with Gasteiger partial charge < -0.3 is 14.4 Å². The number of ether oxygens (including phenoxy) is 1. The molecule has 0 unspecified atom stereocenters. The summed E-state index contributed by atoms with van der Waals surface area (Å²) in [7, 11) is 0. The number of rotatable bonds is 4. The topological polar surface area (TPSA) is 51.5 Å². The van der Waals surface area contributed by atoms with E-state index in [1.807, 2.05) is 49.6 Å². The van der Waals surface area contributed by atoms with E-state index in [4.69, 9.17) is 4.74 Å². The van der Waals surface area contributed by atoms with Gasteiger partial charge in [0.05, 0.1) is 10.4 Å². The molecule has 0 saturated heterocycles. The lowest BCUT2D eigenvalue weighted by atomic mass is 10.1. The summed E-state index contributed by atoms with van der Waals surface area (Å²) < 4.78 is 7.77. The van der Waals surface area contributed by atoms with Crippen molar-refractivity contribution >= 4 is 39.5 Å². The molecule has 4 aromatic rings. The molecule has 0 aliphatic carbocycles. The molecule has 0 amide bonds. The molecule has 0 radical (unpaired) electrons. The Balaban J connectivity index is 2.11. The van der Waals surface area contributed by atoms with E-state index in [1.54, 1.807) is 17.8 Å². The zero-order valence-corrected chi connectivity index (χ0v) is 16.8. The summed E-state index contributed by atoms with van der Waals surface area (Å²) in [5, 5.41) is 12.2. The summed E-state index contributed by atoms with van der Waals surface area (Å²) in [6, 6.07) is 17.6. The number of aryl methyl sites for hydroxylation is 1. The highest BCUT2D eigenvalue weighted by molar-refractivity contribution is 7.99. The zero-order chi connectivity index (χ0) is 19.8. The van der Waals surface area contributed by atoms with Crippen LogP contribution in [-0.2, 0) is 11.3 Å². The average Bonchev–Trinajstić information content (AvgIpc) is 2.96. The molecule has 0 spiro atoms. The zero-order valence-electron chi connectivity index (χ0n) is 16.0. The summed E-state index contributed by atoms with van der Waals surface area (Å²) in [6.45, 7) is 4.11. The fraction of sp³-hybridized carbons (Fsp3) is 0.174. The van der Waals surface area contributed by atoms with E-state index in [0.717, 1.165) is 32.3 Å². The number of esters is 1. The summed E-state index contributed by atoms with van der Waals surface area (Å²) in [4.78, 5) is 12.6. The van der Waals surface area contributed by atoms with Crippen LogP contribution in [0.5, 0.6) is 11.5 Å². The number of carbonyl (C=O) groups excluding carboxylic acids is 1. The number of phenols is 1.